The van der Waals surface area contributed by atoms with Gasteiger partial charge in [-0.15, -0.1) is 0 Å². The van der Waals surface area contributed by atoms with Crippen molar-refractivity contribution in [1.29, 1.82) is 0 Å². The smallest absolute Gasteiger partial charge is 0.00831 e. The highest BCUT2D eigenvalue weighted by molar-refractivity contribution is 5.40. The van der Waals surface area contributed by atoms with Crippen LogP contribution in [0.15, 0.2) is 36.4 Å². The quantitative estimate of drug-likeness (QED) is 0.531. The summed E-state index contributed by atoms with van der Waals surface area (Å²) in [4.78, 5) is 0. The largest absolute Gasteiger partial charge is 0.0992 e. The fraction of sp³-hybridized carbons (Fsp3) is 0.273. The highest BCUT2D eigenvalue weighted by atomic mass is 14.3. The van der Waals surface area contributed by atoms with Crippen molar-refractivity contribution in [3.8, 4) is 0 Å². The molecule has 0 aromatic heterocycles. The van der Waals surface area contributed by atoms with E-state index < -0.39 is 0 Å². The van der Waals surface area contributed by atoms with Gasteiger partial charge in [0.25, 0.3) is 0 Å². The van der Waals surface area contributed by atoms with Gasteiger partial charge in [0.05, 0.1) is 0 Å². The van der Waals surface area contributed by atoms with Crippen LogP contribution in [0, 0.1) is 6.92 Å². The summed E-state index contributed by atoms with van der Waals surface area (Å²) in [6.45, 7) is 6.06. The van der Waals surface area contributed by atoms with Crippen LogP contribution in [0.2, 0.25) is 0 Å². The van der Waals surface area contributed by atoms with E-state index >= 15 is 0 Å². The predicted molar refractivity (Wildman–Crippen MR) is 47.7 cm³/mol. The molecule has 0 aliphatic heterocycles. The lowest BCUT2D eigenvalue weighted by Crippen LogP contribution is -1.78. The van der Waals surface area contributed by atoms with Crippen molar-refractivity contribution < 1.29 is 0 Å². The monoisotopic (exact) mass is 144 g/mol. The molecule has 0 nitrogen and oxygen atoms in total. The number of aryl methyl sites for hydroxylation is 1. The SMILES string of the molecule is C=C1CC1c1ccc(C)cc1. The topological polar surface area (TPSA) is 0 Å². The Morgan fingerprint density at radius 2 is 1.82 bits per heavy atom. The fourth-order valence-electron chi connectivity index (χ4n) is 1.36. The Labute approximate surface area is 67.6 Å². The molecule has 1 aliphatic carbocycles. The first-order valence-corrected chi connectivity index (χ1v) is 4.01. The number of hydrogen-bond donors (Lipinski definition) is 0. The van der Waals surface area contributed by atoms with Crippen LogP contribution in [0.3, 0.4) is 0 Å². The molecule has 0 amide bonds. The van der Waals surface area contributed by atoms with Gasteiger partial charge in [0.15, 0.2) is 0 Å². The lowest BCUT2D eigenvalue weighted by atomic mass is 10.1. The van der Waals surface area contributed by atoms with Crippen LogP contribution >= 0.6 is 0 Å². The van der Waals surface area contributed by atoms with Gasteiger partial charge in [-0.1, -0.05) is 42.0 Å². The van der Waals surface area contributed by atoms with E-state index in [-0.39, 0.29) is 0 Å². The molecular formula is C11H12. The predicted octanol–water partition coefficient (Wildman–Crippen LogP) is 3.04. The van der Waals surface area contributed by atoms with E-state index in [9.17, 15) is 0 Å². The fourth-order valence-corrected chi connectivity index (χ4v) is 1.36. The molecule has 0 saturated heterocycles. The normalized spacial score (nSPS) is 21.9. The van der Waals surface area contributed by atoms with Crippen molar-refractivity contribution in [2.24, 2.45) is 0 Å². The van der Waals surface area contributed by atoms with Crippen molar-refractivity contribution in [2.45, 2.75) is 19.3 Å². The summed E-state index contributed by atoms with van der Waals surface area (Å²) in [5, 5.41) is 0. The van der Waals surface area contributed by atoms with Gasteiger partial charge in [-0.3, -0.25) is 0 Å². The number of rotatable bonds is 1. The first-order valence-electron chi connectivity index (χ1n) is 4.01. The molecule has 0 heterocycles. The van der Waals surface area contributed by atoms with E-state index in [1.165, 1.54) is 23.1 Å². The van der Waals surface area contributed by atoms with Crippen LogP contribution in [-0.4, -0.2) is 0 Å². The second-order valence-electron chi connectivity index (χ2n) is 3.33. The number of hydrogen-bond acceptors (Lipinski definition) is 0. The van der Waals surface area contributed by atoms with E-state index in [1.807, 2.05) is 0 Å². The van der Waals surface area contributed by atoms with Crippen molar-refractivity contribution in [2.75, 3.05) is 0 Å². The van der Waals surface area contributed by atoms with Gasteiger partial charge >= 0.3 is 0 Å². The molecule has 1 atom stereocenters. The Morgan fingerprint density at radius 1 is 1.27 bits per heavy atom. The number of allylic oxidation sites excluding steroid dienone is 1. The van der Waals surface area contributed by atoms with Gasteiger partial charge in [0.1, 0.15) is 0 Å². The summed E-state index contributed by atoms with van der Waals surface area (Å²) in [5.41, 5.74) is 4.15. The summed E-state index contributed by atoms with van der Waals surface area (Å²) in [5.74, 6) is 0.676. The van der Waals surface area contributed by atoms with Gasteiger partial charge in [-0.2, -0.15) is 0 Å². The second-order valence-corrected chi connectivity index (χ2v) is 3.33. The Bertz CT molecular complexity index is 279. The van der Waals surface area contributed by atoms with E-state index in [1.54, 1.807) is 0 Å². The first-order chi connectivity index (χ1) is 5.27. The summed E-state index contributed by atoms with van der Waals surface area (Å²) in [6.07, 6.45) is 1.20. The Hall–Kier alpha value is -1.04. The molecule has 2 rings (SSSR count). The molecule has 1 unspecified atom stereocenters. The highest BCUT2D eigenvalue weighted by Crippen LogP contribution is 2.45. The maximum absolute atomic E-state index is 3.95. The van der Waals surface area contributed by atoms with E-state index in [2.05, 4.69) is 37.8 Å². The van der Waals surface area contributed by atoms with Crippen LogP contribution in [0.5, 0.6) is 0 Å². The third-order valence-electron chi connectivity index (χ3n) is 2.28. The lowest BCUT2D eigenvalue weighted by Gasteiger charge is -1.96. The molecule has 1 aromatic carbocycles. The minimum absolute atomic E-state index is 0.676. The Kier molecular flexibility index (Phi) is 1.35. The molecule has 0 bridgehead atoms. The van der Waals surface area contributed by atoms with E-state index in [4.69, 9.17) is 0 Å². The minimum Gasteiger partial charge on any atom is -0.0992 e. The van der Waals surface area contributed by atoms with Gasteiger partial charge < -0.3 is 0 Å². The standard InChI is InChI=1S/C11H12/c1-8-3-5-10(6-4-8)11-7-9(11)2/h3-6,11H,2,7H2,1H3. The zero-order valence-corrected chi connectivity index (χ0v) is 6.80. The molecule has 11 heavy (non-hydrogen) atoms. The van der Waals surface area contributed by atoms with Gasteiger partial charge in [-0.05, 0) is 18.9 Å². The van der Waals surface area contributed by atoms with Crippen molar-refractivity contribution in [3.63, 3.8) is 0 Å². The molecule has 0 radical (unpaired) electrons. The first kappa shape index (κ1) is 6.66. The van der Waals surface area contributed by atoms with Gasteiger partial charge in [0, 0.05) is 5.92 Å². The molecule has 0 heteroatoms. The molecule has 0 N–H and O–H groups in total. The Morgan fingerprint density at radius 3 is 2.27 bits per heavy atom. The molecule has 1 saturated carbocycles. The zero-order valence-electron chi connectivity index (χ0n) is 6.80. The third-order valence-corrected chi connectivity index (χ3v) is 2.28. The van der Waals surface area contributed by atoms with E-state index in [0.29, 0.717) is 5.92 Å². The van der Waals surface area contributed by atoms with Gasteiger partial charge in [-0.25, -0.2) is 0 Å². The second kappa shape index (κ2) is 2.23. The molecular weight excluding hydrogens is 132 g/mol. The van der Waals surface area contributed by atoms with Crippen LogP contribution in [-0.2, 0) is 0 Å². The zero-order chi connectivity index (χ0) is 7.84. The maximum atomic E-state index is 3.95. The van der Waals surface area contributed by atoms with Crippen LogP contribution in [0.25, 0.3) is 0 Å². The van der Waals surface area contributed by atoms with Crippen LogP contribution in [0.4, 0.5) is 0 Å². The maximum Gasteiger partial charge on any atom is 0.00831 e. The molecule has 1 aliphatic rings. The lowest BCUT2D eigenvalue weighted by molar-refractivity contribution is 1.16. The molecule has 1 aromatic rings. The highest BCUT2D eigenvalue weighted by Gasteiger charge is 2.28. The van der Waals surface area contributed by atoms with Crippen molar-refractivity contribution in [3.05, 3.63) is 47.5 Å². The molecule has 56 valence electrons. The third kappa shape index (κ3) is 1.21. The molecule has 1 fully saturated rings. The van der Waals surface area contributed by atoms with Crippen LogP contribution < -0.4 is 0 Å². The van der Waals surface area contributed by atoms with Gasteiger partial charge in [0.2, 0.25) is 0 Å². The summed E-state index contributed by atoms with van der Waals surface area (Å²) in [7, 11) is 0. The molecule has 0 spiro atoms. The summed E-state index contributed by atoms with van der Waals surface area (Å²) >= 11 is 0. The van der Waals surface area contributed by atoms with Crippen molar-refractivity contribution >= 4 is 0 Å². The number of benzene rings is 1. The van der Waals surface area contributed by atoms with Crippen molar-refractivity contribution in [1.82, 2.24) is 0 Å². The average molecular weight is 144 g/mol. The average Bonchev–Trinajstić information content (AvgIpc) is 2.69. The Balaban J connectivity index is 2.27. The minimum atomic E-state index is 0.676. The van der Waals surface area contributed by atoms with E-state index in [0.717, 1.165) is 0 Å². The summed E-state index contributed by atoms with van der Waals surface area (Å²) in [6, 6.07) is 8.75. The summed E-state index contributed by atoms with van der Waals surface area (Å²) < 4.78 is 0. The van der Waals surface area contributed by atoms with Crippen LogP contribution in [0.1, 0.15) is 23.5 Å².